The quantitative estimate of drug-likeness (QED) is 0.604. The van der Waals surface area contributed by atoms with Crippen LogP contribution in [-0.2, 0) is 11.4 Å². The fraction of sp³-hybridized carbons (Fsp3) is 0.190. The van der Waals surface area contributed by atoms with Crippen molar-refractivity contribution in [1.29, 1.82) is 0 Å². The Bertz CT molecular complexity index is 1170. The van der Waals surface area contributed by atoms with Crippen molar-refractivity contribution in [2.45, 2.75) is 19.6 Å². The fourth-order valence-electron chi connectivity index (χ4n) is 3.51. The second-order valence-corrected chi connectivity index (χ2v) is 7.27. The highest BCUT2D eigenvalue weighted by molar-refractivity contribution is 6.31. The number of nitrogens with one attached hydrogen (secondary N) is 1. The molecule has 1 aromatic heterocycles. The highest BCUT2D eigenvalue weighted by Gasteiger charge is 2.32. The molecule has 0 radical (unpaired) electrons. The standard InChI is InChI=1S/C21H19ClFN5O3/c1-11-18(20(24)29)19(28-21(27-11)25-10-26-28)12-6-7-16(17(8-12)30-2)31-9-13-14(22)4-3-5-15(13)23/h3-8,10,19H,9H2,1-2H3,(H2,24,29)(H,25,26,27). The maximum absolute atomic E-state index is 14.0. The molecule has 31 heavy (non-hydrogen) atoms. The molecule has 0 aliphatic carbocycles. The van der Waals surface area contributed by atoms with Crippen LogP contribution in [0.2, 0.25) is 5.02 Å². The monoisotopic (exact) mass is 443 g/mol. The first kappa shape index (κ1) is 20.7. The molecule has 2 aromatic carbocycles. The molecule has 1 atom stereocenters. The Morgan fingerprint density at radius 3 is 2.84 bits per heavy atom. The molecule has 2 heterocycles. The van der Waals surface area contributed by atoms with Crippen LogP contribution in [0.15, 0.2) is 54.0 Å². The zero-order valence-corrected chi connectivity index (χ0v) is 17.5. The lowest BCUT2D eigenvalue weighted by Gasteiger charge is -2.28. The van der Waals surface area contributed by atoms with Crippen LogP contribution >= 0.6 is 11.6 Å². The molecule has 8 nitrogen and oxygen atoms in total. The molecule has 4 rings (SSSR count). The molecule has 0 saturated carbocycles. The van der Waals surface area contributed by atoms with Gasteiger partial charge in [0.2, 0.25) is 11.9 Å². The van der Waals surface area contributed by atoms with Crippen LogP contribution in [0.1, 0.15) is 24.1 Å². The van der Waals surface area contributed by atoms with Crippen LogP contribution in [0.5, 0.6) is 11.5 Å². The van der Waals surface area contributed by atoms with Crippen LogP contribution in [0.3, 0.4) is 0 Å². The lowest BCUT2D eigenvalue weighted by atomic mass is 9.95. The number of amides is 1. The minimum atomic E-state index is -0.597. The molecule has 1 amide bonds. The Morgan fingerprint density at radius 2 is 2.13 bits per heavy atom. The number of rotatable bonds is 6. The van der Waals surface area contributed by atoms with Gasteiger partial charge in [0.1, 0.15) is 24.8 Å². The highest BCUT2D eigenvalue weighted by atomic mass is 35.5. The van der Waals surface area contributed by atoms with Gasteiger partial charge in [-0.05, 0) is 36.8 Å². The van der Waals surface area contributed by atoms with E-state index in [1.807, 2.05) is 0 Å². The van der Waals surface area contributed by atoms with E-state index >= 15 is 0 Å². The largest absolute Gasteiger partial charge is 0.493 e. The van der Waals surface area contributed by atoms with E-state index in [-0.39, 0.29) is 17.2 Å². The third kappa shape index (κ3) is 3.79. The number of methoxy groups -OCH3 is 1. The Hall–Kier alpha value is -3.59. The second-order valence-electron chi connectivity index (χ2n) is 6.86. The summed E-state index contributed by atoms with van der Waals surface area (Å²) in [5.41, 5.74) is 7.53. The van der Waals surface area contributed by atoms with Crippen LogP contribution in [0, 0.1) is 5.82 Å². The van der Waals surface area contributed by atoms with E-state index in [9.17, 15) is 9.18 Å². The number of benzene rings is 2. The molecule has 10 heteroatoms. The Kier molecular flexibility index (Phi) is 5.51. The molecule has 0 fully saturated rings. The first-order valence-electron chi connectivity index (χ1n) is 9.31. The SMILES string of the molecule is COc1cc(C2C(C(N)=O)=C(C)Nc3ncnn32)ccc1OCc1c(F)cccc1Cl. The number of aromatic nitrogens is 3. The predicted octanol–water partition coefficient (Wildman–Crippen LogP) is 3.43. The lowest BCUT2D eigenvalue weighted by molar-refractivity contribution is -0.115. The third-order valence-corrected chi connectivity index (χ3v) is 5.35. The van der Waals surface area contributed by atoms with Gasteiger partial charge in [0.15, 0.2) is 11.5 Å². The Labute approximate surface area is 182 Å². The summed E-state index contributed by atoms with van der Waals surface area (Å²) in [6, 6.07) is 9.00. The summed E-state index contributed by atoms with van der Waals surface area (Å²) in [6.07, 6.45) is 1.39. The van der Waals surface area contributed by atoms with E-state index in [1.165, 1.54) is 25.6 Å². The Balaban J connectivity index is 1.69. The summed E-state index contributed by atoms with van der Waals surface area (Å²) in [5, 5.41) is 7.53. The number of carbonyl (C=O) groups excluding carboxylic acids is 1. The average molecular weight is 444 g/mol. The zero-order chi connectivity index (χ0) is 22.1. The van der Waals surface area contributed by atoms with E-state index in [0.717, 1.165) is 0 Å². The van der Waals surface area contributed by atoms with E-state index < -0.39 is 17.8 Å². The molecule has 3 aromatic rings. The second kappa shape index (κ2) is 8.27. The van der Waals surface area contributed by atoms with Crippen molar-refractivity contribution >= 4 is 23.5 Å². The van der Waals surface area contributed by atoms with Gasteiger partial charge in [0, 0.05) is 11.3 Å². The van der Waals surface area contributed by atoms with Gasteiger partial charge in [-0.25, -0.2) is 9.07 Å². The number of carbonyl (C=O) groups is 1. The number of primary amides is 1. The van der Waals surface area contributed by atoms with Crippen molar-refractivity contribution in [3.63, 3.8) is 0 Å². The van der Waals surface area contributed by atoms with E-state index in [0.29, 0.717) is 34.3 Å². The molecule has 160 valence electrons. The zero-order valence-electron chi connectivity index (χ0n) is 16.7. The number of nitrogens with zero attached hydrogens (tertiary/aromatic N) is 3. The normalized spacial score (nSPS) is 15.3. The van der Waals surface area contributed by atoms with E-state index in [1.54, 1.807) is 35.9 Å². The number of hydrogen-bond donors (Lipinski definition) is 2. The number of fused-ring (bicyclic) bond motifs is 1. The summed E-state index contributed by atoms with van der Waals surface area (Å²) in [6.45, 7) is 1.67. The molecule has 1 aliphatic rings. The number of ether oxygens (including phenoxy) is 2. The minimum absolute atomic E-state index is 0.0761. The summed E-state index contributed by atoms with van der Waals surface area (Å²) < 4.78 is 26.9. The first-order valence-corrected chi connectivity index (χ1v) is 9.69. The average Bonchev–Trinajstić information content (AvgIpc) is 3.20. The minimum Gasteiger partial charge on any atom is -0.493 e. The van der Waals surface area contributed by atoms with Gasteiger partial charge >= 0.3 is 0 Å². The summed E-state index contributed by atoms with van der Waals surface area (Å²) >= 11 is 6.07. The third-order valence-electron chi connectivity index (χ3n) is 5.00. The predicted molar refractivity (Wildman–Crippen MR) is 112 cm³/mol. The van der Waals surface area contributed by atoms with Crippen molar-refractivity contribution in [1.82, 2.24) is 14.8 Å². The maximum Gasteiger partial charge on any atom is 0.248 e. The van der Waals surface area contributed by atoms with E-state index in [2.05, 4.69) is 15.4 Å². The van der Waals surface area contributed by atoms with Crippen molar-refractivity contribution in [2.24, 2.45) is 5.73 Å². The number of hydrogen-bond acceptors (Lipinski definition) is 6. The molecule has 0 spiro atoms. The smallest absolute Gasteiger partial charge is 0.248 e. The van der Waals surface area contributed by atoms with Gasteiger partial charge in [0.05, 0.1) is 17.7 Å². The molecular formula is C21H19ClFN5O3. The van der Waals surface area contributed by atoms with Crippen molar-refractivity contribution in [3.8, 4) is 11.5 Å². The maximum atomic E-state index is 14.0. The van der Waals surface area contributed by atoms with Gasteiger partial charge < -0.3 is 20.5 Å². The first-order chi connectivity index (χ1) is 14.9. The molecule has 0 bridgehead atoms. The number of halogens is 2. The van der Waals surface area contributed by atoms with Crippen molar-refractivity contribution < 1.29 is 18.7 Å². The molecule has 1 aliphatic heterocycles. The van der Waals surface area contributed by atoms with Crippen LogP contribution in [-0.4, -0.2) is 27.8 Å². The Morgan fingerprint density at radius 1 is 1.32 bits per heavy atom. The fourth-order valence-corrected chi connectivity index (χ4v) is 3.73. The molecule has 1 unspecified atom stereocenters. The summed E-state index contributed by atoms with van der Waals surface area (Å²) in [4.78, 5) is 16.4. The van der Waals surface area contributed by atoms with Crippen LogP contribution in [0.25, 0.3) is 0 Å². The van der Waals surface area contributed by atoms with Gasteiger partial charge in [0.25, 0.3) is 0 Å². The van der Waals surface area contributed by atoms with Crippen molar-refractivity contribution in [2.75, 3.05) is 12.4 Å². The molecular weight excluding hydrogens is 425 g/mol. The van der Waals surface area contributed by atoms with Crippen molar-refractivity contribution in [3.05, 3.63) is 76.0 Å². The van der Waals surface area contributed by atoms with Gasteiger partial charge in [-0.3, -0.25) is 4.79 Å². The van der Waals surface area contributed by atoms with Gasteiger partial charge in [-0.1, -0.05) is 23.7 Å². The van der Waals surface area contributed by atoms with Crippen LogP contribution < -0.4 is 20.5 Å². The number of allylic oxidation sites excluding steroid dienone is 1. The summed E-state index contributed by atoms with van der Waals surface area (Å²) in [5.74, 6) is 0.236. The van der Waals surface area contributed by atoms with Crippen LogP contribution in [0.4, 0.5) is 10.3 Å². The van der Waals surface area contributed by atoms with Gasteiger partial charge in [-0.15, -0.1) is 0 Å². The number of anilines is 1. The molecule has 3 N–H and O–H groups in total. The molecule has 0 saturated heterocycles. The van der Waals surface area contributed by atoms with Gasteiger partial charge in [-0.2, -0.15) is 10.1 Å². The highest BCUT2D eigenvalue weighted by Crippen LogP contribution is 2.38. The lowest BCUT2D eigenvalue weighted by Crippen LogP contribution is -2.31. The topological polar surface area (TPSA) is 104 Å². The van der Waals surface area contributed by atoms with E-state index in [4.69, 9.17) is 26.8 Å². The summed E-state index contributed by atoms with van der Waals surface area (Å²) in [7, 11) is 1.49. The number of nitrogens with two attached hydrogens (primary N) is 1.